The zero-order chi connectivity index (χ0) is 8.15. The van der Waals surface area contributed by atoms with E-state index in [1.54, 1.807) is 0 Å². The fourth-order valence-corrected chi connectivity index (χ4v) is 0.658. The summed E-state index contributed by atoms with van der Waals surface area (Å²) in [6.07, 6.45) is -2.46. The topological polar surface area (TPSA) is 66.8 Å². The molecule has 1 unspecified atom stereocenters. The molecule has 0 aliphatic rings. The minimum Gasteiger partial charge on any atom is -0.388 e. The van der Waals surface area contributed by atoms with Crippen molar-refractivity contribution in [2.45, 2.75) is 19.1 Å². The van der Waals surface area contributed by atoms with Crippen molar-refractivity contribution in [1.82, 2.24) is 0 Å². The van der Waals surface area contributed by atoms with E-state index in [1.165, 1.54) is 6.92 Å². The molecule has 0 aliphatic carbocycles. The van der Waals surface area contributed by atoms with Crippen molar-refractivity contribution in [3.05, 3.63) is 0 Å². The molecule has 0 heterocycles. The molecule has 0 aromatic heterocycles. The number of Topliss-reactive ketones (excluding diaryl/α,β-unsaturated/α-hetero) is 1. The van der Waals surface area contributed by atoms with E-state index in [1.807, 2.05) is 9.47 Å². The summed E-state index contributed by atoms with van der Waals surface area (Å²) in [6.45, 7) is 1.14. The number of carbonyl (C=O) groups excluding carboxylic acids is 1. The monoisotopic (exact) mass is 166 g/mol. The number of rotatable bonds is 4. The standard InChI is InChI=1S/C5H11O4P/c1-3(6)5(8)4(7)2-9-10/h4-5,7-8H,2,10H2,1H3/t4-,5-/m1/s1. The molecule has 0 saturated carbocycles. The van der Waals surface area contributed by atoms with Crippen molar-refractivity contribution in [3.8, 4) is 0 Å². The first-order chi connectivity index (χ1) is 4.59. The number of hydrogen-bond acceptors (Lipinski definition) is 4. The van der Waals surface area contributed by atoms with Crippen molar-refractivity contribution in [2.75, 3.05) is 6.61 Å². The second kappa shape index (κ2) is 4.74. The summed E-state index contributed by atoms with van der Waals surface area (Å²) in [5.74, 6) is -0.463. The van der Waals surface area contributed by atoms with E-state index in [4.69, 9.17) is 10.2 Å². The van der Waals surface area contributed by atoms with Crippen LogP contribution in [0.5, 0.6) is 0 Å². The van der Waals surface area contributed by atoms with Gasteiger partial charge in [0.05, 0.1) is 6.61 Å². The second-order valence-corrected chi connectivity index (χ2v) is 2.29. The first-order valence-corrected chi connectivity index (χ1v) is 3.25. The van der Waals surface area contributed by atoms with Gasteiger partial charge >= 0.3 is 0 Å². The molecule has 0 radical (unpaired) electrons. The number of ketones is 1. The van der Waals surface area contributed by atoms with Gasteiger partial charge in [0.1, 0.15) is 12.2 Å². The number of aliphatic hydroxyl groups is 2. The van der Waals surface area contributed by atoms with E-state index in [9.17, 15) is 4.79 Å². The number of carbonyl (C=O) groups is 1. The molecule has 0 bridgehead atoms. The lowest BCUT2D eigenvalue weighted by Gasteiger charge is -2.12. The summed E-state index contributed by atoms with van der Waals surface area (Å²) in [7, 11) is 1.92. The molecule has 10 heavy (non-hydrogen) atoms. The Kier molecular flexibility index (Phi) is 4.73. The Balaban J connectivity index is 3.69. The second-order valence-electron chi connectivity index (χ2n) is 1.96. The molecule has 0 aliphatic heterocycles. The predicted molar refractivity (Wildman–Crippen MR) is 38.4 cm³/mol. The predicted octanol–water partition coefficient (Wildman–Crippen LogP) is -0.896. The smallest absolute Gasteiger partial charge is 0.160 e. The maximum atomic E-state index is 10.4. The van der Waals surface area contributed by atoms with Crippen LogP contribution in [0.2, 0.25) is 0 Å². The summed E-state index contributed by atoms with van der Waals surface area (Å²) in [5.41, 5.74) is 0. The van der Waals surface area contributed by atoms with Crippen LogP contribution in [-0.2, 0) is 9.32 Å². The molecule has 0 aromatic carbocycles. The molecule has 0 rings (SSSR count). The average molecular weight is 166 g/mol. The Morgan fingerprint density at radius 2 is 2.20 bits per heavy atom. The highest BCUT2D eigenvalue weighted by atomic mass is 31.0. The molecule has 0 spiro atoms. The van der Waals surface area contributed by atoms with E-state index in [0.717, 1.165) is 0 Å². The lowest BCUT2D eigenvalue weighted by molar-refractivity contribution is -0.131. The van der Waals surface area contributed by atoms with Gasteiger partial charge in [-0.15, -0.1) is 0 Å². The lowest BCUT2D eigenvalue weighted by Crippen LogP contribution is -2.34. The van der Waals surface area contributed by atoms with Gasteiger partial charge in [0, 0.05) is 9.47 Å². The molecule has 2 N–H and O–H groups in total. The highest BCUT2D eigenvalue weighted by molar-refractivity contribution is 7.09. The molecule has 60 valence electrons. The highest BCUT2D eigenvalue weighted by Gasteiger charge is 2.19. The molecule has 5 heteroatoms. The van der Waals surface area contributed by atoms with Crippen molar-refractivity contribution >= 4 is 15.2 Å². The Bertz CT molecular complexity index is 116. The SMILES string of the molecule is CC(=O)[C@@H](O)[C@H](O)COP. The van der Waals surface area contributed by atoms with Gasteiger partial charge in [-0.25, -0.2) is 0 Å². The van der Waals surface area contributed by atoms with Gasteiger partial charge in [0.2, 0.25) is 0 Å². The van der Waals surface area contributed by atoms with Crippen LogP contribution < -0.4 is 0 Å². The third kappa shape index (κ3) is 3.22. The van der Waals surface area contributed by atoms with Crippen molar-refractivity contribution in [1.29, 1.82) is 0 Å². The van der Waals surface area contributed by atoms with Crippen molar-refractivity contribution in [2.24, 2.45) is 0 Å². The van der Waals surface area contributed by atoms with Crippen LogP contribution in [0.4, 0.5) is 0 Å². The fraction of sp³-hybridized carbons (Fsp3) is 0.800. The van der Waals surface area contributed by atoms with Crippen LogP contribution in [0.3, 0.4) is 0 Å². The molecular weight excluding hydrogens is 155 g/mol. The van der Waals surface area contributed by atoms with E-state index >= 15 is 0 Å². The molecule has 0 aromatic rings. The van der Waals surface area contributed by atoms with Gasteiger partial charge in [-0.2, -0.15) is 0 Å². The van der Waals surface area contributed by atoms with Gasteiger partial charge in [-0.05, 0) is 6.92 Å². The van der Waals surface area contributed by atoms with Crippen LogP contribution in [0.1, 0.15) is 6.92 Å². The third-order valence-electron chi connectivity index (χ3n) is 1.05. The summed E-state index contributed by atoms with van der Waals surface area (Å²) in [6, 6.07) is 0. The molecule has 4 nitrogen and oxygen atoms in total. The number of hydrogen-bond donors (Lipinski definition) is 2. The van der Waals surface area contributed by atoms with Crippen LogP contribution >= 0.6 is 9.47 Å². The summed E-state index contributed by atoms with van der Waals surface area (Å²) in [5, 5.41) is 17.7. The third-order valence-corrected chi connectivity index (χ3v) is 1.24. The number of aliphatic hydroxyl groups excluding tert-OH is 2. The quantitative estimate of drug-likeness (QED) is 0.531. The van der Waals surface area contributed by atoms with Gasteiger partial charge in [0.15, 0.2) is 5.78 Å². The van der Waals surface area contributed by atoms with Gasteiger partial charge in [0.25, 0.3) is 0 Å². The Hall–Kier alpha value is -0.0200. The van der Waals surface area contributed by atoms with E-state index in [0.29, 0.717) is 0 Å². The van der Waals surface area contributed by atoms with Gasteiger partial charge in [-0.3, -0.25) is 4.79 Å². The van der Waals surface area contributed by atoms with Crippen LogP contribution in [0.25, 0.3) is 0 Å². The average Bonchev–Trinajstić information content (AvgIpc) is 1.87. The normalized spacial score (nSPS) is 16.4. The minimum absolute atomic E-state index is 0.0641. The minimum atomic E-state index is -1.33. The Labute approximate surface area is 61.5 Å². The fourth-order valence-electron chi connectivity index (χ4n) is 0.461. The van der Waals surface area contributed by atoms with Crippen LogP contribution in [0, 0.1) is 0 Å². The van der Waals surface area contributed by atoms with Gasteiger partial charge in [-0.1, -0.05) is 0 Å². The van der Waals surface area contributed by atoms with Crippen LogP contribution in [-0.4, -0.2) is 34.8 Å². The molecule has 0 saturated heterocycles. The highest BCUT2D eigenvalue weighted by Crippen LogP contribution is 1.97. The first kappa shape index (κ1) is 9.98. The van der Waals surface area contributed by atoms with E-state index < -0.39 is 18.0 Å². The maximum absolute atomic E-state index is 10.4. The zero-order valence-corrected chi connectivity index (χ0v) is 6.80. The molecular formula is C5H11O4P. The Morgan fingerprint density at radius 3 is 2.50 bits per heavy atom. The lowest BCUT2D eigenvalue weighted by atomic mass is 10.1. The Morgan fingerprint density at radius 1 is 1.70 bits per heavy atom. The summed E-state index contributed by atoms with van der Waals surface area (Å²) < 4.78 is 4.43. The molecule has 0 amide bonds. The molecule has 0 fully saturated rings. The largest absolute Gasteiger partial charge is 0.388 e. The van der Waals surface area contributed by atoms with Crippen molar-refractivity contribution < 1.29 is 19.5 Å². The maximum Gasteiger partial charge on any atom is 0.160 e. The molecule has 3 atom stereocenters. The van der Waals surface area contributed by atoms with Crippen molar-refractivity contribution in [3.63, 3.8) is 0 Å². The van der Waals surface area contributed by atoms with Crippen LogP contribution in [0.15, 0.2) is 0 Å². The zero-order valence-electron chi connectivity index (χ0n) is 5.65. The van der Waals surface area contributed by atoms with E-state index in [2.05, 4.69) is 4.52 Å². The summed E-state index contributed by atoms with van der Waals surface area (Å²) in [4.78, 5) is 10.4. The van der Waals surface area contributed by atoms with E-state index in [-0.39, 0.29) is 6.61 Å². The van der Waals surface area contributed by atoms with Gasteiger partial charge < -0.3 is 14.7 Å². The summed E-state index contributed by atoms with van der Waals surface area (Å²) >= 11 is 0. The first-order valence-electron chi connectivity index (χ1n) is 2.78.